The first-order valence-corrected chi connectivity index (χ1v) is 6.23. The number of aliphatic hydroxyl groups excluding tert-OH is 1. The highest BCUT2D eigenvalue weighted by atomic mass is 16.5. The third-order valence-corrected chi connectivity index (χ3v) is 2.50. The topological polar surface area (TPSA) is 55.8 Å². The smallest absolute Gasteiger partial charge is 0.305 e. The molecule has 1 aromatic carbocycles. The fourth-order valence-corrected chi connectivity index (χ4v) is 1.61. The molecule has 0 saturated heterocycles. The van der Waals surface area contributed by atoms with E-state index in [1.165, 1.54) is 0 Å². The van der Waals surface area contributed by atoms with Crippen LogP contribution in [0.4, 0.5) is 0 Å². The molecule has 1 rings (SSSR count). The van der Waals surface area contributed by atoms with Crippen molar-refractivity contribution in [3.8, 4) is 5.75 Å². The SMILES string of the molecule is CCOC(=O)CCC(O)c1ccc(OCC)cc1. The molecule has 1 atom stereocenters. The number of carbonyl (C=O) groups is 1. The molecule has 0 radical (unpaired) electrons. The normalized spacial score (nSPS) is 11.9. The van der Waals surface area contributed by atoms with Gasteiger partial charge in [-0.05, 0) is 38.0 Å². The van der Waals surface area contributed by atoms with Crippen LogP contribution in [0.15, 0.2) is 24.3 Å². The molecular formula is C14H20O4. The Morgan fingerprint density at radius 3 is 2.44 bits per heavy atom. The number of hydrogen-bond donors (Lipinski definition) is 1. The predicted octanol–water partition coefficient (Wildman–Crippen LogP) is 2.46. The molecule has 18 heavy (non-hydrogen) atoms. The van der Waals surface area contributed by atoms with Crippen molar-refractivity contribution in [1.29, 1.82) is 0 Å². The second kappa shape index (κ2) is 7.71. The Morgan fingerprint density at radius 1 is 1.22 bits per heavy atom. The van der Waals surface area contributed by atoms with Gasteiger partial charge in [-0.25, -0.2) is 0 Å². The van der Waals surface area contributed by atoms with Gasteiger partial charge in [0, 0.05) is 6.42 Å². The molecule has 0 fully saturated rings. The number of aliphatic hydroxyl groups is 1. The Labute approximate surface area is 108 Å². The first kappa shape index (κ1) is 14.5. The lowest BCUT2D eigenvalue weighted by molar-refractivity contribution is -0.143. The maximum absolute atomic E-state index is 11.2. The number of carbonyl (C=O) groups excluding carboxylic acids is 1. The fraction of sp³-hybridized carbons (Fsp3) is 0.500. The van der Waals surface area contributed by atoms with E-state index in [2.05, 4.69) is 0 Å². The minimum absolute atomic E-state index is 0.224. The third kappa shape index (κ3) is 4.75. The van der Waals surface area contributed by atoms with E-state index < -0.39 is 6.10 Å². The first-order valence-electron chi connectivity index (χ1n) is 6.23. The minimum Gasteiger partial charge on any atom is -0.494 e. The van der Waals surface area contributed by atoms with E-state index in [1.807, 2.05) is 19.1 Å². The molecule has 4 heteroatoms. The summed E-state index contributed by atoms with van der Waals surface area (Å²) in [6, 6.07) is 7.24. The third-order valence-electron chi connectivity index (χ3n) is 2.50. The van der Waals surface area contributed by atoms with E-state index in [9.17, 15) is 9.90 Å². The van der Waals surface area contributed by atoms with Crippen LogP contribution in [-0.2, 0) is 9.53 Å². The van der Waals surface area contributed by atoms with Gasteiger partial charge in [-0.2, -0.15) is 0 Å². The Balaban J connectivity index is 2.45. The largest absolute Gasteiger partial charge is 0.494 e. The molecule has 0 heterocycles. The number of benzene rings is 1. The Morgan fingerprint density at radius 2 is 1.89 bits per heavy atom. The second-order valence-electron chi connectivity index (χ2n) is 3.86. The van der Waals surface area contributed by atoms with Crippen LogP contribution in [0, 0.1) is 0 Å². The highest BCUT2D eigenvalue weighted by Crippen LogP contribution is 2.21. The van der Waals surface area contributed by atoms with Crippen molar-refractivity contribution in [3.63, 3.8) is 0 Å². The van der Waals surface area contributed by atoms with Crippen LogP contribution in [0.5, 0.6) is 5.75 Å². The monoisotopic (exact) mass is 252 g/mol. The summed E-state index contributed by atoms with van der Waals surface area (Å²) in [6.07, 6.45) is -0.0558. The summed E-state index contributed by atoms with van der Waals surface area (Å²) in [7, 11) is 0. The summed E-state index contributed by atoms with van der Waals surface area (Å²) in [4.78, 5) is 11.2. The predicted molar refractivity (Wildman–Crippen MR) is 68.4 cm³/mol. The lowest BCUT2D eigenvalue weighted by Crippen LogP contribution is -2.07. The molecule has 0 aliphatic heterocycles. The number of ether oxygens (including phenoxy) is 2. The van der Waals surface area contributed by atoms with Crippen molar-refractivity contribution in [2.45, 2.75) is 32.8 Å². The molecule has 0 aliphatic rings. The van der Waals surface area contributed by atoms with Crippen molar-refractivity contribution >= 4 is 5.97 Å². The summed E-state index contributed by atoms with van der Waals surface area (Å²) in [5.41, 5.74) is 0.780. The summed E-state index contributed by atoms with van der Waals surface area (Å²) < 4.78 is 10.1. The molecule has 1 aromatic rings. The van der Waals surface area contributed by atoms with Gasteiger partial charge < -0.3 is 14.6 Å². The van der Waals surface area contributed by atoms with Gasteiger partial charge in [-0.15, -0.1) is 0 Å². The summed E-state index contributed by atoms with van der Waals surface area (Å²) in [5, 5.41) is 9.91. The van der Waals surface area contributed by atoms with Gasteiger partial charge >= 0.3 is 5.97 Å². The zero-order valence-corrected chi connectivity index (χ0v) is 10.9. The van der Waals surface area contributed by atoms with Gasteiger partial charge in [0.2, 0.25) is 0 Å². The molecule has 100 valence electrons. The standard InChI is InChI=1S/C14H20O4/c1-3-17-12-7-5-11(6-8-12)13(15)9-10-14(16)18-4-2/h5-8,13,15H,3-4,9-10H2,1-2H3. The van der Waals surface area contributed by atoms with Gasteiger partial charge in [-0.3, -0.25) is 4.79 Å². The Hall–Kier alpha value is -1.55. The van der Waals surface area contributed by atoms with E-state index in [4.69, 9.17) is 9.47 Å². The van der Waals surface area contributed by atoms with E-state index in [-0.39, 0.29) is 12.4 Å². The minimum atomic E-state index is -0.648. The van der Waals surface area contributed by atoms with Crippen LogP contribution in [0.2, 0.25) is 0 Å². The molecule has 0 spiro atoms. The first-order chi connectivity index (χ1) is 8.67. The lowest BCUT2D eigenvalue weighted by Gasteiger charge is -2.11. The van der Waals surface area contributed by atoms with Crippen molar-refractivity contribution in [2.75, 3.05) is 13.2 Å². The van der Waals surface area contributed by atoms with E-state index in [1.54, 1.807) is 19.1 Å². The van der Waals surface area contributed by atoms with Crippen molar-refractivity contribution in [1.82, 2.24) is 0 Å². The lowest BCUT2D eigenvalue weighted by atomic mass is 10.0. The number of hydrogen-bond acceptors (Lipinski definition) is 4. The summed E-state index contributed by atoms with van der Waals surface area (Å²) in [6.45, 7) is 4.67. The molecule has 4 nitrogen and oxygen atoms in total. The van der Waals surface area contributed by atoms with Crippen LogP contribution >= 0.6 is 0 Å². The van der Waals surface area contributed by atoms with Gasteiger partial charge in [0.05, 0.1) is 19.3 Å². The maximum atomic E-state index is 11.2. The van der Waals surface area contributed by atoms with Crippen LogP contribution in [0.1, 0.15) is 38.4 Å². The Bertz CT molecular complexity index is 359. The molecule has 0 amide bonds. The zero-order valence-electron chi connectivity index (χ0n) is 10.9. The molecular weight excluding hydrogens is 232 g/mol. The number of rotatable bonds is 7. The number of esters is 1. The quantitative estimate of drug-likeness (QED) is 0.757. The van der Waals surface area contributed by atoms with Gasteiger partial charge in [-0.1, -0.05) is 12.1 Å². The van der Waals surface area contributed by atoms with Crippen LogP contribution in [0.3, 0.4) is 0 Å². The van der Waals surface area contributed by atoms with Crippen LogP contribution < -0.4 is 4.74 Å². The average molecular weight is 252 g/mol. The van der Waals surface area contributed by atoms with Gasteiger partial charge in [0.1, 0.15) is 5.75 Å². The molecule has 0 aromatic heterocycles. The average Bonchev–Trinajstić information content (AvgIpc) is 2.37. The summed E-state index contributed by atoms with van der Waals surface area (Å²) >= 11 is 0. The van der Waals surface area contributed by atoms with Crippen molar-refractivity contribution in [2.24, 2.45) is 0 Å². The van der Waals surface area contributed by atoms with E-state index >= 15 is 0 Å². The fourth-order valence-electron chi connectivity index (χ4n) is 1.61. The van der Waals surface area contributed by atoms with Gasteiger partial charge in [0.25, 0.3) is 0 Å². The van der Waals surface area contributed by atoms with E-state index in [0.717, 1.165) is 11.3 Å². The highest BCUT2D eigenvalue weighted by molar-refractivity contribution is 5.69. The van der Waals surface area contributed by atoms with Crippen molar-refractivity contribution < 1.29 is 19.4 Å². The molecule has 0 aliphatic carbocycles. The molecule has 1 N–H and O–H groups in total. The Kier molecular flexibility index (Phi) is 6.22. The summed E-state index contributed by atoms with van der Waals surface area (Å²) in [5.74, 6) is 0.501. The maximum Gasteiger partial charge on any atom is 0.305 e. The molecule has 0 saturated carbocycles. The molecule has 0 bridgehead atoms. The van der Waals surface area contributed by atoms with Crippen molar-refractivity contribution in [3.05, 3.63) is 29.8 Å². The molecule has 1 unspecified atom stereocenters. The van der Waals surface area contributed by atoms with Gasteiger partial charge in [0.15, 0.2) is 0 Å². The van der Waals surface area contributed by atoms with E-state index in [0.29, 0.717) is 19.6 Å². The van der Waals surface area contributed by atoms with Crippen LogP contribution in [-0.4, -0.2) is 24.3 Å². The van der Waals surface area contributed by atoms with Crippen LogP contribution in [0.25, 0.3) is 0 Å². The second-order valence-corrected chi connectivity index (χ2v) is 3.86. The zero-order chi connectivity index (χ0) is 13.4. The highest BCUT2D eigenvalue weighted by Gasteiger charge is 2.11.